The van der Waals surface area contributed by atoms with E-state index in [0.717, 1.165) is 22.6 Å². The number of rotatable bonds is 5. The second-order valence-corrected chi connectivity index (χ2v) is 6.07. The van der Waals surface area contributed by atoms with Crippen LogP contribution in [0.25, 0.3) is 0 Å². The van der Waals surface area contributed by atoms with Gasteiger partial charge in [-0.1, -0.05) is 12.6 Å². The lowest BCUT2D eigenvalue weighted by molar-refractivity contribution is 0.847. The van der Waals surface area contributed by atoms with Gasteiger partial charge in [-0.15, -0.1) is 23.2 Å². The van der Waals surface area contributed by atoms with Crippen LogP contribution < -0.4 is 10.6 Å². The minimum absolute atomic E-state index is 0.499. The molecule has 17 heavy (non-hydrogen) atoms. The first-order valence-electron chi connectivity index (χ1n) is 5.43. The first-order valence-corrected chi connectivity index (χ1v) is 6.19. The van der Waals surface area contributed by atoms with E-state index < -0.39 is 4.33 Å². The van der Waals surface area contributed by atoms with Crippen LogP contribution in [0.5, 0.6) is 0 Å². The van der Waals surface area contributed by atoms with Crippen LogP contribution in [0, 0.1) is 6.92 Å². The van der Waals surface area contributed by atoms with Crippen LogP contribution in [0.3, 0.4) is 0 Å². The van der Waals surface area contributed by atoms with Crippen molar-refractivity contribution in [1.82, 2.24) is 0 Å². The minimum Gasteiger partial charge on any atom is -0.388 e. The van der Waals surface area contributed by atoms with E-state index in [4.69, 9.17) is 23.2 Å². The summed E-state index contributed by atoms with van der Waals surface area (Å²) >= 11 is 11.9. The smallest absolute Gasteiger partial charge is 0.120 e. The minimum atomic E-state index is -0.793. The van der Waals surface area contributed by atoms with Gasteiger partial charge in [0.2, 0.25) is 0 Å². The van der Waals surface area contributed by atoms with Gasteiger partial charge in [-0.05, 0) is 31.5 Å². The zero-order chi connectivity index (χ0) is 13.1. The largest absolute Gasteiger partial charge is 0.388 e. The number of allylic oxidation sites excluding steroid dienone is 1. The van der Waals surface area contributed by atoms with Gasteiger partial charge >= 0.3 is 0 Å². The number of anilines is 2. The molecule has 0 heterocycles. The van der Waals surface area contributed by atoms with Crippen molar-refractivity contribution in [2.24, 2.45) is 0 Å². The Balaban J connectivity index is 2.79. The monoisotopic (exact) mass is 272 g/mol. The summed E-state index contributed by atoms with van der Waals surface area (Å²) in [5, 5.41) is 6.37. The molecule has 0 spiro atoms. The van der Waals surface area contributed by atoms with E-state index in [1.807, 2.05) is 32.2 Å². The van der Waals surface area contributed by atoms with Crippen molar-refractivity contribution < 1.29 is 0 Å². The van der Waals surface area contributed by atoms with Crippen LogP contribution in [0.4, 0.5) is 11.4 Å². The normalized spacial score (nSPS) is 11.1. The summed E-state index contributed by atoms with van der Waals surface area (Å²) in [6.07, 6.45) is 0.499. The van der Waals surface area contributed by atoms with E-state index in [9.17, 15) is 0 Å². The van der Waals surface area contributed by atoms with E-state index >= 15 is 0 Å². The van der Waals surface area contributed by atoms with Crippen molar-refractivity contribution in [3.8, 4) is 0 Å². The van der Waals surface area contributed by atoms with Crippen LogP contribution in [-0.2, 0) is 0 Å². The van der Waals surface area contributed by atoms with E-state index in [2.05, 4.69) is 17.2 Å². The third kappa shape index (κ3) is 4.49. The maximum atomic E-state index is 5.94. The number of hydrogen-bond donors (Lipinski definition) is 2. The zero-order valence-electron chi connectivity index (χ0n) is 10.4. The summed E-state index contributed by atoms with van der Waals surface area (Å²) in [4.78, 5) is 0. The molecule has 2 N–H and O–H groups in total. The predicted molar refractivity (Wildman–Crippen MR) is 78.2 cm³/mol. The Morgan fingerprint density at radius 2 is 1.94 bits per heavy atom. The molecular weight excluding hydrogens is 255 g/mol. The highest BCUT2D eigenvalue weighted by Crippen LogP contribution is 2.30. The third-order valence-corrected chi connectivity index (χ3v) is 2.71. The standard InChI is InChI=1S/C13H18Cl2N2/c1-9(8-13(3,14)15)17-12-7-5-6-11(16-4)10(12)2/h5-7,16-17H,1,8H2,2-4H3. The van der Waals surface area contributed by atoms with Crippen molar-refractivity contribution >= 4 is 34.6 Å². The summed E-state index contributed by atoms with van der Waals surface area (Å²) in [6, 6.07) is 6.01. The molecule has 1 aromatic carbocycles. The van der Waals surface area contributed by atoms with Crippen molar-refractivity contribution in [3.05, 3.63) is 36.0 Å². The first-order chi connectivity index (χ1) is 7.83. The molecular formula is C13H18Cl2N2. The number of halogens is 2. The molecule has 0 fully saturated rings. The average Bonchev–Trinajstić information content (AvgIpc) is 2.18. The van der Waals surface area contributed by atoms with Crippen molar-refractivity contribution in [3.63, 3.8) is 0 Å². The summed E-state index contributed by atoms with van der Waals surface area (Å²) in [5.74, 6) is 0. The fraction of sp³-hybridized carbons (Fsp3) is 0.385. The highest BCUT2D eigenvalue weighted by Gasteiger charge is 2.18. The molecule has 0 bridgehead atoms. The quantitative estimate of drug-likeness (QED) is 0.769. The second-order valence-electron chi connectivity index (χ2n) is 4.20. The maximum Gasteiger partial charge on any atom is 0.120 e. The van der Waals surface area contributed by atoms with Crippen LogP contribution in [0.2, 0.25) is 0 Å². The maximum absolute atomic E-state index is 5.94. The molecule has 0 aromatic heterocycles. The molecule has 1 rings (SSSR count). The van der Waals surface area contributed by atoms with E-state index in [-0.39, 0.29) is 0 Å². The molecule has 0 saturated carbocycles. The molecule has 0 unspecified atom stereocenters. The van der Waals surface area contributed by atoms with Crippen LogP contribution in [0.15, 0.2) is 30.5 Å². The third-order valence-electron chi connectivity index (χ3n) is 2.44. The summed E-state index contributed by atoms with van der Waals surface area (Å²) in [5.41, 5.74) is 4.04. The van der Waals surface area contributed by atoms with E-state index in [1.165, 1.54) is 0 Å². The summed E-state index contributed by atoms with van der Waals surface area (Å²) in [6.45, 7) is 7.73. The highest BCUT2D eigenvalue weighted by atomic mass is 35.5. The van der Waals surface area contributed by atoms with Gasteiger partial charge in [0.15, 0.2) is 0 Å². The lowest BCUT2D eigenvalue weighted by atomic mass is 10.1. The predicted octanol–water partition coefficient (Wildman–Crippen LogP) is 4.55. The molecule has 0 amide bonds. The first kappa shape index (κ1) is 14.2. The molecule has 4 heteroatoms. The van der Waals surface area contributed by atoms with Gasteiger partial charge in [-0.3, -0.25) is 0 Å². The Labute approximate surface area is 113 Å². The van der Waals surface area contributed by atoms with Gasteiger partial charge in [0, 0.05) is 30.5 Å². The lowest BCUT2D eigenvalue weighted by Crippen LogP contribution is -2.12. The summed E-state index contributed by atoms with van der Waals surface area (Å²) < 4.78 is -0.793. The fourth-order valence-corrected chi connectivity index (χ4v) is 1.97. The van der Waals surface area contributed by atoms with Crippen LogP contribution in [0.1, 0.15) is 18.9 Å². The topological polar surface area (TPSA) is 24.1 Å². The molecule has 0 radical (unpaired) electrons. The van der Waals surface area contributed by atoms with Gasteiger partial charge in [0.1, 0.15) is 4.33 Å². The Morgan fingerprint density at radius 1 is 1.35 bits per heavy atom. The molecule has 0 aliphatic heterocycles. The molecule has 1 aromatic rings. The van der Waals surface area contributed by atoms with Gasteiger partial charge in [0.25, 0.3) is 0 Å². The fourth-order valence-electron chi connectivity index (χ4n) is 1.65. The number of nitrogens with one attached hydrogen (secondary N) is 2. The van der Waals surface area contributed by atoms with Crippen molar-refractivity contribution in [2.45, 2.75) is 24.6 Å². The second kappa shape index (κ2) is 5.65. The number of alkyl halides is 2. The Hall–Kier alpha value is -0.860. The average molecular weight is 273 g/mol. The molecule has 2 nitrogen and oxygen atoms in total. The number of hydrogen-bond acceptors (Lipinski definition) is 2. The Bertz CT molecular complexity index is 408. The van der Waals surface area contributed by atoms with E-state index in [1.54, 1.807) is 6.92 Å². The van der Waals surface area contributed by atoms with Gasteiger partial charge in [-0.2, -0.15) is 0 Å². The van der Waals surface area contributed by atoms with Gasteiger partial charge in [-0.25, -0.2) is 0 Å². The zero-order valence-corrected chi connectivity index (χ0v) is 11.9. The molecule has 0 aliphatic carbocycles. The Kier molecular flexibility index (Phi) is 4.72. The van der Waals surface area contributed by atoms with Crippen LogP contribution in [-0.4, -0.2) is 11.4 Å². The van der Waals surface area contributed by atoms with Crippen LogP contribution >= 0.6 is 23.2 Å². The van der Waals surface area contributed by atoms with Gasteiger partial charge < -0.3 is 10.6 Å². The van der Waals surface area contributed by atoms with Gasteiger partial charge in [0.05, 0.1) is 0 Å². The Morgan fingerprint density at radius 3 is 2.47 bits per heavy atom. The molecule has 0 saturated heterocycles. The highest BCUT2D eigenvalue weighted by molar-refractivity contribution is 6.48. The lowest BCUT2D eigenvalue weighted by Gasteiger charge is -2.18. The molecule has 94 valence electrons. The molecule has 0 aliphatic rings. The van der Waals surface area contributed by atoms with Crippen molar-refractivity contribution in [1.29, 1.82) is 0 Å². The SMILES string of the molecule is C=C(CC(C)(Cl)Cl)Nc1cccc(NC)c1C. The van der Waals surface area contributed by atoms with Crippen molar-refractivity contribution in [2.75, 3.05) is 17.7 Å². The summed E-state index contributed by atoms with van der Waals surface area (Å²) in [7, 11) is 1.90. The van der Waals surface area contributed by atoms with E-state index in [0.29, 0.717) is 6.42 Å². The number of benzene rings is 1. The molecule has 0 atom stereocenters.